The molecule has 1 aromatic rings. The van der Waals surface area contributed by atoms with Gasteiger partial charge in [-0.15, -0.1) is 0 Å². The lowest BCUT2D eigenvalue weighted by Crippen LogP contribution is -2.47. The Labute approximate surface area is 167 Å². The molecule has 0 saturated carbocycles. The number of carbonyl (C=O) groups is 2. The van der Waals surface area contributed by atoms with Crippen LogP contribution in [0.4, 0.5) is 0 Å². The quantitative estimate of drug-likeness (QED) is 0.311. The SMILES string of the molecule is CCCCCNC(=S)NNC(=O)CCNC(=O)c1ccc(C(C)(C)C)cc1. The maximum Gasteiger partial charge on any atom is 0.251 e. The summed E-state index contributed by atoms with van der Waals surface area (Å²) in [6.07, 6.45) is 3.48. The number of hydrogen-bond acceptors (Lipinski definition) is 3. The zero-order chi connectivity index (χ0) is 20.3. The first kappa shape index (κ1) is 22.9. The van der Waals surface area contributed by atoms with Crippen molar-refractivity contribution in [3.05, 3.63) is 35.4 Å². The van der Waals surface area contributed by atoms with Gasteiger partial charge in [0.25, 0.3) is 5.91 Å². The van der Waals surface area contributed by atoms with Crippen molar-refractivity contribution in [2.45, 2.75) is 58.8 Å². The molecule has 1 aromatic carbocycles. The van der Waals surface area contributed by atoms with E-state index in [-0.39, 0.29) is 30.2 Å². The van der Waals surface area contributed by atoms with Gasteiger partial charge in [-0.2, -0.15) is 0 Å². The van der Waals surface area contributed by atoms with E-state index in [1.165, 1.54) is 5.56 Å². The van der Waals surface area contributed by atoms with Crippen LogP contribution in [0.3, 0.4) is 0 Å². The first-order valence-corrected chi connectivity index (χ1v) is 9.86. The van der Waals surface area contributed by atoms with Gasteiger partial charge < -0.3 is 10.6 Å². The molecule has 0 spiro atoms. The highest BCUT2D eigenvalue weighted by molar-refractivity contribution is 7.80. The van der Waals surface area contributed by atoms with Crippen LogP contribution in [0.25, 0.3) is 0 Å². The fourth-order valence-electron chi connectivity index (χ4n) is 2.32. The normalized spacial score (nSPS) is 10.8. The number of nitrogens with one attached hydrogen (secondary N) is 4. The van der Waals surface area contributed by atoms with Crippen molar-refractivity contribution in [3.63, 3.8) is 0 Å². The summed E-state index contributed by atoms with van der Waals surface area (Å²) in [4.78, 5) is 23.9. The maximum absolute atomic E-state index is 12.1. The number of hydrazine groups is 1. The monoisotopic (exact) mass is 392 g/mol. The van der Waals surface area contributed by atoms with Crippen molar-refractivity contribution >= 4 is 29.1 Å². The van der Waals surface area contributed by atoms with Gasteiger partial charge in [-0.3, -0.25) is 20.4 Å². The summed E-state index contributed by atoms with van der Waals surface area (Å²) in [5.41, 5.74) is 6.97. The van der Waals surface area contributed by atoms with Crippen molar-refractivity contribution in [3.8, 4) is 0 Å². The Morgan fingerprint density at radius 1 is 0.963 bits per heavy atom. The molecular formula is C20H32N4O2S. The molecular weight excluding hydrogens is 360 g/mol. The van der Waals surface area contributed by atoms with Crippen LogP contribution in [0, 0.1) is 0 Å². The first-order chi connectivity index (χ1) is 12.7. The predicted molar refractivity (Wildman–Crippen MR) is 113 cm³/mol. The topological polar surface area (TPSA) is 82.3 Å². The number of carbonyl (C=O) groups excluding carboxylic acids is 2. The second-order valence-corrected chi connectivity index (χ2v) is 7.88. The largest absolute Gasteiger partial charge is 0.361 e. The van der Waals surface area contributed by atoms with Crippen LogP contribution in [0.1, 0.15) is 69.3 Å². The summed E-state index contributed by atoms with van der Waals surface area (Å²) in [6, 6.07) is 7.53. The predicted octanol–water partition coefficient (Wildman–Crippen LogP) is 2.79. The molecule has 0 aliphatic heterocycles. The molecule has 1 rings (SSSR count). The van der Waals surface area contributed by atoms with Crippen LogP contribution in [0.5, 0.6) is 0 Å². The minimum Gasteiger partial charge on any atom is -0.361 e. The third-order valence-electron chi connectivity index (χ3n) is 4.03. The molecule has 150 valence electrons. The Kier molecular flexibility index (Phi) is 9.78. The van der Waals surface area contributed by atoms with E-state index in [1.807, 2.05) is 12.1 Å². The van der Waals surface area contributed by atoms with Gasteiger partial charge in [-0.05, 0) is 41.7 Å². The molecule has 4 N–H and O–H groups in total. The van der Waals surface area contributed by atoms with Crippen LogP contribution in [0.2, 0.25) is 0 Å². The molecule has 0 unspecified atom stereocenters. The molecule has 0 saturated heterocycles. The van der Waals surface area contributed by atoms with Crippen LogP contribution in [-0.2, 0) is 10.2 Å². The van der Waals surface area contributed by atoms with Gasteiger partial charge in [0, 0.05) is 25.1 Å². The minimum absolute atomic E-state index is 0.0472. The number of thiocarbonyl (C=S) groups is 1. The lowest BCUT2D eigenvalue weighted by molar-refractivity contribution is -0.121. The van der Waals surface area contributed by atoms with Gasteiger partial charge in [-0.25, -0.2) is 0 Å². The Balaban J connectivity index is 2.25. The van der Waals surface area contributed by atoms with Gasteiger partial charge in [-0.1, -0.05) is 52.7 Å². The molecule has 0 heterocycles. The molecule has 0 aliphatic carbocycles. The Bertz CT molecular complexity index is 624. The van der Waals surface area contributed by atoms with E-state index in [9.17, 15) is 9.59 Å². The lowest BCUT2D eigenvalue weighted by atomic mass is 9.87. The highest BCUT2D eigenvalue weighted by atomic mass is 32.1. The number of unbranched alkanes of at least 4 members (excludes halogenated alkanes) is 2. The zero-order valence-electron chi connectivity index (χ0n) is 16.8. The van der Waals surface area contributed by atoms with Gasteiger partial charge in [0.2, 0.25) is 5.91 Å². The first-order valence-electron chi connectivity index (χ1n) is 9.45. The Morgan fingerprint density at radius 3 is 2.22 bits per heavy atom. The second kappa shape index (κ2) is 11.5. The van der Waals surface area contributed by atoms with Crippen molar-refractivity contribution in [2.75, 3.05) is 13.1 Å². The van der Waals surface area contributed by atoms with Crippen LogP contribution in [0.15, 0.2) is 24.3 Å². The van der Waals surface area contributed by atoms with Gasteiger partial charge in [0.15, 0.2) is 5.11 Å². The number of benzene rings is 1. The number of rotatable bonds is 8. The van der Waals surface area contributed by atoms with Crippen molar-refractivity contribution in [1.82, 2.24) is 21.5 Å². The molecule has 6 nitrogen and oxygen atoms in total. The van der Waals surface area contributed by atoms with E-state index >= 15 is 0 Å². The summed E-state index contributed by atoms with van der Waals surface area (Å²) < 4.78 is 0. The van der Waals surface area contributed by atoms with Crippen molar-refractivity contribution < 1.29 is 9.59 Å². The minimum atomic E-state index is -0.240. The lowest BCUT2D eigenvalue weighted by Gasteiger charge is -2.19. The third-order valence-corrected chi connectivity index (χ3v) is 4.28. The smallest absolute Gasteiger partial charge is 0.251 e. The van der Waals surface area contributed by atoms with Gasteiger partial charge in [0.05, 0.1) is 0 Å². The average Bonchev–Trinajstić information content (AvgIpc) is 2.63. The molecule has 0 aromatic heterocycles. The van der Waals surface area contributed by atoms with E-state index in [0.717, 1.165) is 25.8 Å². The van der Waals surface area contributed by atoms with E-state index in [1.54, 1.807) is 12.1 Å². The Morgan fingerprint density at radius 2 is 1.63 bits per heavy atom. The summed E-state index contributed by atoms with van der Waals surface area (Å²) >= 11 is 5.07. The molecule has 0 atom stereocenters. The summed E-state index contributed by atoms with van der Waals surface area (Å²) in [5, 5.41) is 6.16. The van der Waals surface area contributed by atoms with E-state index in [2.05, 4.69) is 49.2 Å². The van der Waals surface area contributed by atoms with Crippen LogP contribution < -0.4 is 21.5 Å². The van der Waals surface area contributed by atoms with E-state index < -0.39 is 0 Å². The summed E-state index contributed by atoms with van der Waals surface area (Å²) in [6.45, 7) is 9.55. The standard InChI is InChI=1S/C20H32N4O2S/c1-5-6-7-13-22-19(27)24-23-17(25)12-14-21-18(26)15-8-10-16(11-9-15)20(2,3)4/h8-11H,5-7,12-14H2,1-4H3,(H,21,26)(H,23,25)(H2,22,24,27). The zero-order valence-corrected chi connectivity index (χ0v) is 17.6. The maximum atomic E-state index is 12.1. The van der Waals surface area contributed by atoms with Gasteiger partial charge in [0.1, 0.15) is 0 Å². The molecule has 7 heteroatoms. The second-order valence-electron chi connectivity index (χ2n) is 7.47. The van der Waals surface area contributed by atoms with E-state index in [0.29, 0.717) is 10.7 Å². The van der Waals surface area contributed by atoms with Crippen molar-refractivity contribution in [2.24, 2.45) is 0 Å². The van der Waals surface area contributed by atoms with Crippen molar-refractivity contribution in [1.29, 1.82) is 0 Å². The molecule has 0 aliphatic rings. The van der Waals surface area contributed by atoms with Gasteiger partial charge >= 0.3 is 0 Å². The Hall–Kier alpha value is -2.15. The molecule has 27 heavy (non-hydrogen) atoms. The fraction of sp³-hybridized carbons (Fsp3) is 0.550. The molecule has 0 bridgehead atoms. The van der Waals surface area contributed by atoms with Crippen LogP contribution in [-0.4, -0.2) is 30.0 Å². The van der Waals surface area contributed by atoms with Crippen LogP contribution >= 0.6 is 12.2 Å². The number of hydrogen-bond donors (Lipinski definition) is 4. The molecule has 0 fully saturated rings. The molecule has 2 amide bonds. The number of amides is 2. The third kappa shape index (κ3) is 9.38. The highest BCUT2D eigenvalue weighted by Gasteiger charge is 2.14. The fourth-order valence-corrected chi connectivity index (χ4v) is 2.48. The molecule has 0 radical (unpaired) electrons. The average molecular weight is 393 g/mol. The highest BCUT2D eigenvalue weighted by Crippen LogP contribution is 2.22. The summed E-state index contributed by atoms with van der Waals surface area (Å²) in [5.74, 6) is -0.430. The van der Waals surface area contributed by atoms with E-state index in [4.69, 9.17) is 12.2 Å². The summed E-state index contributed by atoms with van der Waals surface area (Å²) in [7, 11) is 0.